The molecule has 5 rings (SSSR count). The lowest BCUT2D eigenvalue weighted by Crippen LogP contribution is -2.77. The first kappa shape index (κ1) is 22.4. The largest absolute Gasteiger partial charge is 0.654 e. The van der Waals surface area contributed by atoms with Gasteiger partial charge >= 0.3 is 0 Å². The lowest BCUT2D eigenvalue weighted by Gasteiger charge is -2.74. The third kappa shape index (κ3) is 2.00. The van der Waals surface area contributed by atoms with Crippen molar-refractivity contribution in [3.05, 3.63) is 53.0 Å². The molecule has 6 heteroatoms. The van der Waals surface area contributed by atoms with E-state index in [4.69, 9.17) is 16.9 Å². The van der Waals surface area contributed by atoms with E-state index in [-0.39, 0.29) is 5.92 Å². The molecule has 1 aromatic heterocycles. The van der Waals surface area contributed by atoms with Crippen molar-refractivity contribution in [2.45, 2.75) is 80.6 Å². The standard InChI is InChI=1S/C26H34ClN2O3/c1-8-24(6)16(27)12-15-22(2,3)13-10-9-11-14-17(13)18-19(29-14)23(4,5)20(30)21(31)26(24,28-7)25(15,18)32/h8-11,15-16,20-21,29-32H,1,12H2,2-7H3/q-1/t15-,16-,20+,21+,24+,25-,26+/m1/s1. The van der Waals surface area contributed by atoms with Crippen LogP contribution in [0.5, 0.6) is 0 Å². The fourth-order valence-corrected chi connectivity index (χ4v) is 8.13. The van der Waals surface area contributed by atoms with Crippen LogP contribution in [-0.4, -0.2) is 50.5 Å². The van der Waals surface area contributed by atoms with E-state index < -0.39 is 45.0 Å². The van der Waals surface area contributed by atoms with E-state index in [2.05, 4.69) is 31.5 Å². The highest BCUT2D eigenvalue weighted by atomic mass is 35.5. The van der Waals surface area contributed by atoms with Crippen LogP contribution in [0.25, 0.3) is 16.2 Å². The molecule has 1 heterocycles. The summed E-state index contributed by atoms with van der Waals surface area (Å²) in [5.74, 6) is -0.336. The normalized spacial score (nSPS) is 43.7. The molecule has 7 atom stereocenters. The Morgan fingerprint density at radius 3 is 2.38 bits per heavy atom. The summed E-state index contributed by atoms with van der Waals surface area (Å²) < 4.78 is 0. The molecule has 0 saturated heterocycles. The van der Waals surface area contributed by atoms with Crippen molar-refractivity contribution in [2.24, 2.45) is 11.3 Å². The van der Waals surface area contributed by atoms with Gasteiger partial charge in [0.05, 0.1) is 17.8 Å². The minimum Gasteiger partial charge on any atom is -0.654 e. The Balaban J connectivity index is 2.08. The molecule has 5 nitrogen and oxygen atoms in total. The number of nitrogens with one attached hydrogen (secondary N) is 1. The molecule has 4 N–H and O–H groups in total. The highest BCUT2D eigenvalue weighted by Crippen LogP contribution is 2.71. The maximum atomic E-state index is 13.1. The highest BCUT2D eigenvalue weighted by Gasteiger charge is 2.73. The third-order valence-corrected chi connectivity index (χ3v) is 10.3. The van der Waals surface area contributed by atoms with E-state index in [1.165, 1.54) is 0 Å². The maximum Gasteiger partial charge on any atom is 0.0894 e. The Bertz CT molecular complexity index is 1140. The average Bonchev–Trinajstić information content (AvgIpc) is 3.14. The average molecular weight is 458 g/mol. The number of benzene rings is 1. The number of likely N-dealkylation sites (N-methyl/N-ethyl adjacent to an activating group) is 1. The van der Waals surface area contributed by atoms with E-state index in [0.29, 0.717) is 6.42 Å². The molecule has 0 bridgehead atoms. The molecular formula is C26H34ClN2O3-. The molecule has 3 aliphatic carbocycles. The SMILES string of the molecule is C=C[C@@]1(C)[C@H](Cl)C[C@@H]2C(C)(C)c3cccc4[nH]c5c(c34)[C@@]2(O)[C@]1([N-]C)[C@@H](O)[C@H](O)C5(C)C. The molecule has 1 saturated carbocycles. The van der Waals surface area contributed by atoms with Gasteiger partial charge in [0, 0.05) is 38.9 Å². The van der Waals surface area contributed by atoms with Crippen molar-refractivity contribution >= 4 is 22.5 Å². The predicted octanol–water partition coefficient (Wildman–Crippen LogP) is 4.22. The quantitative estimate of drug-likeness (QED) is 0.402. The number of hydrogen-bond acceptors (Lipinski definition) is 3. The van der Waals surface area contributed by atoms with Crippen LogP contribution in [0.2, 0.25) is 0 Å². The zero-order valence-electron chi connectivity index (χ0n) is 19.7. The predicted molar refractivity (Wildman–Crippen MR) is 128 cm³/mol. The van der Waals surface area contributed by atoms with Gasteiger partial charge < -0.3 is 25.6 Å². The van der Waals surface area contributed by atoms with Gasteiger partial charge in [0.2, 0.25) is 0 Å². The molecule has 0 radical (unpaired) electrons. The van der Waals surface area contributed by atoms with Crippen LogP contribution in [-0.2, 0) is 16.4 Å². The fraction of sp³-hybridized carbons (Fsp3) is 0.615. The van der Waals surface area contributed by atoms with E-state index in [1.807, 2.05) is 32.9 Å². The summed E-state index contributed by atoms with van der Waals surface area (Å²) in [6.45, 7) is 14.1. The number of rotatable bonds is 2. The second-order valence-electron chi connectivity index (χ2n) is 11.4. The van der Waals surface area contributed by atoms with Crippen LogP contribution >= 0.6 is 11.6 Å². The van der Waals surface area contributed by atoms with Gasteiger partial charge in [0.25, 0.3) is 0 Å². The smallest absolute Gasteiger partial charge is 0.0894 e. The van der Waals surface area contributed by atoms with Crippen LogP contribution < -0.4 is 0 Å². The molecule has 2 aromatic rings. The summed E-state index contributed by atoms with van der Waals surface area (Å²) in [7, 11) is 1.62. The number of hydrogen-bond donors (Lipinski definition) is 4. The summed E-state index contributed by atoms with van der Waals surface area (Å²) in [5.41, 5.74) is -1.82. The first-order valence-corrected chi connectivity index (χ1v) is 11.8. The number of H-pyrrole nitrogens is 1. The first-order chi connectivity index (χ1) is 14.8. The second kappa shape index (κ2) is 6.19. The van der Waals surface area contributed by atoms with E-state index in [9.17, 15) is 15.3 Å². The third-order valence-electron chi connectivity index (χ3n) is 9.66. The van der Waals surface area contributed by atoms with Crippen molar-refractivity contribution in [3.8, 4) is 0 Å². The molecule has 174 valence electrons. The maximum absolute atomic E-state index is 13.1. The second-order valence-corrected chi connectivity index (χ2v) is 12.0. The lowest BCUT2D eigenvalue weighted by atomic mass is 9.42. The van der Waals surface area contributed by atoms with Crippen LogP contribution in [0.3, 0.4) is 0 Å². The Labute approximate surface area is 194 Å². The van der Waals surface area contributed by atoms with Crippen molar-refractivity contribution in [1.29, 1.82) is 0 Å². The zero-order chi connectivity index (χ0) is 23.6. The van der Waals surface area contributed by atoms with Gasteiger partial charge in [-0.3, -0.25) is 0 Å². The molecule has 0 spiro atoms. The van der Waals surface area contributed by atoms with Crippen molar-refractivity contribution < 1.29 is 15.3 Å². The molecule has 1 fully saturated rings. The van der Waals surface area contributed by atoms with Gasteiger partial charge in [-0.05, 0) is 34.4 Å². The summed E-state index contributed by atoms with van der Waals surface area (Å²) in [6.07, 6.45) is -0.318. The Hall–Kier alpha value is -1.37. The highest BCUT2D eigenvalue weighted by molar-refractivity contribution is 6.21. The van der Waals surface area contributed by atoms with Crippen LogP contribution in [0.4, 0.5) is 0 Å². The Morgan fingerprint density at radius 1 is 1.12 bits per heavy atom. The molecule has 0 aliphatic heterocycles. The van der Waals surface area contributed by atoms with E-state index >= 15 is 0 Å². The van der Waals surface area contributed by atoms with Gasteiger partial charge in [0.1, 0.15) is 0 Å². The molecule has 1 aromatic carbocycles. The number of halogens is 1. The lowest BCUT2D eigenvalue weighted by molar-refractivity contribution is -0.209. The summed E-state index contributed by atoms with van der Waals surface area (Å²) in [5, 5.41) is 42.0. The number of aromatic nitrogens is 1. The fourth-order valence-electron chi connectivity index (χ4n) is 7.70. The van der Waals surface area contributed by atoms with Gasteiger partial charge in [-0.2, -0.15) is 7.05 Å². The van der Waals surface area contributed by atoms with E-state index in [0.717, 1.165) is 27.7 Å². The van der Waals surface area contributed by atoms with Crippen LogP contribution in [0.1, 0.15) is 57.9 Å². The molecule has 0 amide bonds. The van der Waals surface area contributed by atoms with Crippen molar-refractivity contribution in [1.82, 2.24) is 4.98 Å². The minimum atomic E-state index is -1.57. The van der Waals surface area contributed by atoms with E-state index in [1.54, 1.807) is 13.1 Å². The summed E-state index contributed by atoms with van der Waals surface area (Å²) in [4.78, 5) is 3.53. The number of aromatic amines is 1. The summed E-state index contributed by atoms with van der Waals surface area (Å²) in [6, 6.07) is 6.16. The molecule has 3 aliphatic rings. The Kier molecular flexibility index (Phi) is 4.34. The topological polar surface area (TPSA) is 90.6 Å². The number of nitrogens with zero attached hydrogens (tertiary/aromatic N) is 1. The number of aliphatic hydroxyl groups is 3. The molecule has 0 unspecified atom stereocenters. The summed E-state index contributed by atoms with van der Waals surface area (Å²) >= 11 is 7.09. The monoisotopic (exact) mass is 457 g/mol. The van der Waals surface area contributed by atoms with Crippen LogP contribution in [0, 0.1) is 11.3 Å². The molecule has 32 heavy (non-hydrogen) atoms. The zero-order valence-corrected chi connectivity index (χ0v) is 20.5. The van der Waals surface area contributed by atoms with Crippen LogP contribution in [0.15, 0.2) is 30.9 Å². The van der Waals surface area contributed by atoms with Gasteiger partial charge in [0.15, 0.2) is 0 Å². The minimum absolute atomic E-state index is 0.336. The first-order valence-electron chi connectivity index (χ1n) is 11.4. The van der Waals surface area contributed by atoms with Crippen molar-refractivity contribution in [2.75, 3.05) is 7.05 Å². The van der Waals surface area contributed by atoms with Gasteiger partial charge in [-0.15, -0.1) is 18.2 Å². The number of aliphatic hydroxyl groups excluding tert-OH is 2. The van der Waals surface area contributed by atoms with Crippen molar-refractivity contribution in [3.63, 3.8) is 0 Å². The van der Waals surface area contributed by atoms with Gasteiger partial charge in [-0.25, -0.2) is 0 Å². The van der Waals surface area contributed by atoms with Gasteiger partial charge in [-0.1, -0.05) is 52.8 Å². The Morgan fingerprint density at radius 2 is 1.78 bits per heavy atom. The number of alkyl halides is 1. The molecular weight excluding hydrogens is 424 g/mol.